The summed E-state index contributed by atoms with van der Waals surface area (Å²) in [5.74, 6) is 2.44. The fourth-order valence-electron chi connectivity index (χ4n) is 11.1. The number of thiophene rings is 1. The Bertz CT molecular complexity index is 5580. The molecular formula is C96H92Br2Cl2F3N5O13S9. The van der Waals surface area contributed by atoms with Gasteiger partial charge >= 0.3 is 6.18 Å². The average molecular weight is 2100 g/mol. The summed E-state index contributed by atoms with van der Waals surface area (Å²) >= 11 is 51.1. The van der Waals surface area contributed by atoms with E-state index >= 15 is 0 Å². The van der Waals surface area contributed by atoms with E-state index in [0.29, 0.717) is 92.9 Å². The number of phenols is 1. The number of nitrogens with zero attached hydrogens (tertiary/aromatic N) is 5. The number of rotatable bonds is 35. The molecule has 0 spiro atoms. The third kappa shape index (κ3) is 43.5. The van der Waals surface area contributed by atoms with Gasteiger partial charge in [0.1, 0.15) is 64.7 Å². The lowest BCUT2D eigenvalue weighted by molar-refractivity contribution is -0.138. The molecule has 0 amide bonds. The molecule has 8 aromatic carbocycles. The van der Waals surface area contributed by atoms with Crippen molar-refractivity contribution < 1.29 is 75.7 Å². The number of carbonyl (C=O) groups excluding carboxylic acids is 10. The molecule has 0 fully saturated rings. The Labute approximate surface area is 829 Å². The van der Waals surface area contributed by atoms with Crippen LogP contribution in [-0.2, 0) is 89.7 Å². The number of hydrogen-bond donors (Lipinski definition) is 9. The van der Waals surface area contributed by atoms with Gasteiger partial charge in [-0.25, -0.2) is 9.97 Å². The first-order valence-corrected chi connectivity index (χ1v) is 47.4. The first-order valence-electron chi connectivity index (χ1n) is 39.2. The van der Waals surface area contributed by atoms with E-state index in [2.05, 4.69) is 154 Å². The Kier molecular flexibility index (Phi) is 55.0. The SMILES string of the molecule is CC(=O)c1ccc(CC(=O)CS)cc1.COc1cc(CCC(=O)CS)ccc1O.N#CC(CC(=O)CS)c1ccccc1.N#Cc1cnc(Br)nc1CC(=O)CS.O=C(CS)CC(c1ccccc1)c1ccc(Cl)cc1.O=C(CS)Cc1ccc(OCc2ccccc2)c(Cl)c1.O=C(CS)Cc1ccncc1C(F)(F)F.O=C(CS)Cc1sccc1C(=O)c1ccc(Br)cc1. The quantitative estimate of drug-likeness (QED) is 0.0101. The van der Waals surface area contributed by atoms with Gasteiger partial charge < -0.3 is 14.6 Å². The van der Waals surface area contributed by atoms with Crippen molar-refractivity contribution >= 4 is 225 Å². The Balaban J connectivity index is 0.000000312. The normalized spacial score (nSPS) is 10.7. The van der Waals surface area contributed by atoms with E-state index < -0.39 is 11.7 Å². The molecule has 18 nitrogen and oxygen atoms in total. The van der Waals surface area contributed by atoms with Gasteiger partial charge in [0.05, 0.1) is 47.4 Å². The highest BCUT2D eigenvalue weighted by Gasteiger charge is 2.34. The van der Waals surface area contributed by atoms with Gasteiger partial charge in [-0.2, -0.15) is 125 Å². The van der Waals surface area contributed by atoms with Crippen LogP contribution in [0.1, 0.15) is 131 Å². The molecule has 0 bridgehead atoms. The number of nitriles is 2. The molecule has 11 aromatic rings. The second-order valence-electron chi connectivity index (χ2n) is 27.5. The smallest absolute Gasteiger partial charge is 0.418 e. The third-order valence-electron chi connectivity index (χ3n) is 17.8. The fourth-order valence-corrected chi connectivity index (χ4v) is 14.0. The number of aromatic hydroxyl groups is 1. The van der Waals surface area contributed by atoms with Crippen molar-refractivity contribution in [3.63, 3.8) is 0 Å². The molecule has 2 atom stereocenters. The van der Waals surface area contributed by atoms with Gasteiger partial charge in [-0.05, 0) is 152 Å². The Morgan fingerprint density at radius 2 is 1.03 bits per heavy atom. The molecule has 0 saturated carbocycles. The van der Waals surface area contributed by atoms with Crippen LogP contribution >= 0.6 is 167 Å². The van der Waals surface area contributed by atoms with E-state index in [-0.39, 0.29) is 153 Å². The molecule has 682 valence electrons. The van der Waals surface area contributed by atoms with Crippen LogP contribution in [0, 0.1) is 22.7 Å². The fraction of sp³-hybridized carbons (Fsp3) is 0.240. The predicted octanol–water partition coefficient (Wildman–Crippen LogP) is 21.3. The topological polar surface area (TPSA) is 296 Å². The second-order valence-corrected chi connectivity index (χ2v) is 33.5. The number of ketones is 10. The minimum Gasteiger partial charge on any atom is -0.504 e. The molecule has 0 aliphatic rings. The van der Waals surface area contributed by atoms with Crippen LogP contribution in [0.25, 0.3) is 0 Å². The Morgan fingerprint density at radius 3 is 1.57 bits per heavy atom. The van der Waals surface area contributed by atoms with Crippen LogP contribution in [0.5, 0.6) is 17.2 Å². The van der Waals surface area contributed by atoms with Crippen LogP contribution in [-0.4, -0.2) is 131 Å². The van der Waals surface area contributed by atoms with Crippen molar-refractivity contribution in [1.82, 2.24) is 15.0 Å². The minimum atomic E-state index is -4.47. The molecule has 130 heavy (non-hydrogen) atoms. The van der Waals surface area contributed by atoms with E-state index in [1.54, 1.807) is 72.8 Å². The number of pyridine rings is 1. The van der Waals surface area contributed by atoms with E-state index in [1.807, 2.05) is 145 Å². The summed E-state index contributed by atoms with van der Waals surface area (Å²) in [6.07, 6.45) is 1.58. The first-order chi connectivity index (χ1) is 62.2. The van der Waals surface area contributed by atoms with Gasteiger partial charge in [0.15, 0.2) is 27.8 Å². The number of hydrogen-bond acceptors (Lipinski definition) is 27. The molecule has 11 rings (SSSR count). The van der Waals surface area contributed by atoms with Gasteiger partial charge in [-0.1, -0.05) is 179 Å². The van der Waals surface area contributed by atoms with Gasteiger partial charge in [-0.3, -0.25) is 52.9 Å². The summed E-state index contributed by atoms with van der Waals surface area (Å²) in [6.45, 7) is 1.99. The number of carbonyl (C=O) groups is 10. The summed E-state index contributed by atoms with van der Waals surface area (Å²) < 4.78 is 49.2. The van der Waals surface area contributed by atoms with Crippen LogP contribution in [0.15, 0.2) is 245 Å². The molecule has 34 heteroatoms. The van der Waals surface area contributed by atoms with E-state index in [9.17, 15) is 66.2 Å². The van der Waals surface area contributed by atoms with Gasteiger partial charge in [0, 0.05) is 147 Å². The molecule has 2 unspecified atom stereocenters. The maximum Gasteiger partial charge on any atom is 0.418 e. The zero-order valence-electron chi connectivity index (χ0n) is 70.1. The lowest BCUT2D eigenvalue weighted by Gasteiger charge is -2.17. The number of thiol groups is 8. The summed E-state index contributed by atoms with van der Waals surface area (Å²) in [5, 5.41) is 30.0. The number of aromatic nitrogens is 3. The first kappa shape index (κ1) is 113. The zero-order valence-corrected chi connectivity index (χ0v) is 82.8. The number of Topliss-reactive ketones (excluding diaryl/α,β-unsaturated/α-hetero) is 9. The number of benzene rings is 8. The molecule has 0 aliphatic carbocycles. The number of halogens is 7. The summed E-state index contributed by atoms with van der Waals surface area (Å²) in [6, 6.07) is 68.8. The summed E-state index contributed by atoms with van der Waals surface area (Å²) in [5.41, 5.74) is 8.74. The monoisotopic (exact) mass is 2100 g/mol. The van der Waals surface area contributed by atoms with Crippen molar-refractivity contribution in [2.75, 3.05) is 53.1 Å². The van der Waals surface area contributed by atoms with Crippen molar-refractivity contribution in [3.05, 3.63) is 338 Å². The zero-order chi connectivity index (χ0) is 96.1. The van der Waals surface area contributed by atoms with Gasteiger partial charge in [-0.15, -0.1) is 11.3 Å². The average Bonchev–Trinajstić information content (AvgIpc) is 0.901. The highest BCUT2D eigenvalue weighted by Crippen LogP contribution is 2.34. The van der Waals surface area contributed by atoms with E-state index in [1.165, 1.54) is 43.8 Å². The van der Waals surface area contributed by atoms with Crippen molar-refractivity contribution in [1.29, 1.82) is 10.5 Å². The van der Waals surface area contributed by atoms with Crippen molar-refractivity contribution in [2.24, 2.45) is 0 Å². The van der Waals surface area contributed by atoms with Crippen LogP contribution in [0.2, 0.25) is 10.0 Å². The highest BCUT2D eigenvalue weighted by atomic mass is 79.9. The maximum atomic E-state index is 12.4. The number of methoxy groups -OCH3 is 1. The second kappa shape index (κ2) is 63.1. The van der Waals surface area contributed by atoms with Gasteiger partial charge in [0.2, 0.25) is 0 Å². The van der Waals surface area contributed by atoms with Crippen LogP contribution < -0.4 is 9.47 Å². The summed E-state index contributed by atoms with van der Waals surface area (Å²) in [4.78, 5) is 125. The summed E-state index contributed by atoms with van der Waals surface area (Å²) in [7, 11) is 1.50. The largest absolute Gasteiger partial charge is 0.504 e. The third-order valence-corrected chi connectivity index (χ3v) is 23.0. The van der Waals surface area contributed by atoms with Gasteiger partial charge in [0.25, 0.3) is 0 Å². The predicted molar refractivity (Wildman–Crippen MR) is 540 cm³/mol. The number of alkyl halides is 3. The lowest BCUT2D eigenvalue weighted by Crippen LogP contribution is -2.13. The van der Waals surface area contributed by atoms with Crippen LogP contribution in [0.3, 0.4) is 0 Å². The van der Waals surface area contributed by atoms with Crippen LogP contribution in [0.4, 0.5) is 13.2 Å². The molecule has 3 heterocycles. The standard InChI is InChI=1S/C16H15ClO2S.C16H15ClOS.C14H11BrO2S2.C11H11NOS.C11H14O3S.C11H12O2S.C9H8F3NOS.C8H6BrN3OS/c17-15-9-13(8-14(18)11-20)6-7-16(15)19-10-12-4-2-1-3-5-12;17-14-8-6-13(7-9-14)16(10-15(18)11-19)12-4-2-1-3-5-12;15-10-3-1-9(2-4-10)14(17)12-5-6-19-13(12)7-11(16)8-18;12-7-10(6-11(13)8-14)9-4-2-1-3-5-9;1-14-11-6-8(3-5-10(11)13)2-4-9(12)7-15;1-8(12)10-4-2-9(3-5-10)6-11(13)7-14;10-9(11,12)8-4-13-2-1-6(8)3-7(14)5-15;9-8-11-3-5(2-10)7(12-8)1-6(13)4-14/h1-7,9,20H,8,10-11H2;1-9,16,19H,10-11H2;1-6,18H,7-8H2;1-5,10,14H,6,8H2;3,5-6,13,15H,2,4,7H2,1H3;2-5,14H,6-7H2,1H3;1-2,4,15H,3,5H2;3,14H,1,4H2. The van der Waals surface area contributed by atoms with E-state index in [4.69, 9.17) is 43.2 Å². The molecule has 3 aromatic heterocycles. The number of phenolic OH excluding ortho intramolecular Hbond substituents is 1. The van der Waals surface area contributed by atoms with Crippen molar-refractivity contribution in [2.45, 2.75) is 89.3 Å². The molecule has 0 radical (unpaired) electrons. The molecule has 1 N–H and O–H groups in total. The molecular weight excluding hydrogens is 2010 g/mol. The van der Waals surface area contributed by atoms with Crippen molar-refractivity contribution in [3.8, 4) is 29.4 Å². The highest BCUT2D eigenvalue weighted by molar-refractivity contribution is 9.10. The Hall–Kier alpha value is -9.10. The van der Waals surface area contributed by atoms with E-state index in [0.717, 1.165) is 54.5 Å². The molecule has 0 saturated heterocycles. The maximum absolute atomic E-state index is 12.4. The Morgan fingerprint density at radius 1 is 0.523 bits per heavy atom. The minimum absolute atomic E-state index is 0.00346. The molecule has 0 aliphatic heterocycles. The number of ether oxygens (including phenoxy) is 2. The lowest BCUT2D eigenvalue weighted by atomic mass is 9.87. The number of aryl methyl sites for hydroxylation is 1.